The van der Waals surface area contributed by atoms with Gasteiger partial charge >= 0.3 is 11.8 Å². The van der Waals surface area contributed by atoms with E-state index in [4.69, 9.17) is 9.15 Å². The summed E-state index contributed by atoms with van der Waals surface area (Å²) >= 11 is 0. The number of aromatic amines is 1. The van der Waals surface area contributed by atoms with Crippen LogP contribution < -0.4 is 16.4 Å². The number of oxazole rings is 1. The largest absolute Gasteiger partial charge is 0.444 e. The van der Waals surface area contributed by atoms with Gasteiger partial charge in [0, 0.05) is 25.2 Å². The third-order valence-electron chi connectivity index (χ3n) is 4.54. The fraction of sp³-hybridized carbons (Fsp3) is 0.500. The second-order valence-electron chi connectivity index (χ2n) is 8.15. The molecule has 3 amide bonds. The molecule has 1 aliphatic heterocycles. The Morgan fingerprint density at radius 3 is 2.80 bits per heavy atom. The van der Waals surface area contributed by atoms with E-state index in [2.05, 4.69) is 15.6 Å². The number of hydrogen-bond donors (Lipinski definition) is 3. The molecule has 1 saturated heterocycles. The monoisotopic (exact) mass is 418 g/mol. The van der Waals surface area contributed by atoms with Crippen molar-refractivity contribution in [2.24, 2.45) is 0 Å². The third-order valence-corrected chi connectivity index (χ3v) is 4.54. The minimum Gasteiger partial charge on any atom is -0.444 e. The molecule has 1 aromatic carbocycles. The van der Waals surface area contributed by atoms with Crippen molar-refractivity contribution in [3.05, 3.63) is 28.7 Å². The van der Waals surface area contributed by atoms with Gasteiger partial charge < -0.3 is 19.8 Å². The second-order valence-corrected chi connectivity index (χ2v) is 8.15. The Kier molecular flexibility index (Phi) is 6.14. The average Bonchev–Trinajstić information content (AvgIpc) is 3.25. The number of carbonyl (C=O) groups is 3. The highest BCUT2D eigenvalue weighted by atomic mass is 16.6. The van der Waals surface area contributed by atoms with Crippen LogP contribution in [0.4, 0.5) is 10.5 Å². The molecule has 2 heterocycles. The molecule has 0 bridgehead atoms. The molecule has 10 heteroatoms. The molecule has 1 fully saturated rings. The summed E-state index contributed by atoms with van der Waals surface area (Å²) in [6.07, 6.45) is 0.826. The molecule has 0 saturated carbocycles. The first-order valence-electron chi connectivity index (χ1n) is 9.82. The minimum absolute atomic E-state index is 0.0604. The van der Waals surface area contributed by atoms with Crippen LogP contribution in [0.25, 0.3) is 11.1 Å². The zero-order valence-electron chi connectivity index (χ0n) is 17.2. The van der Waals surface area contributed by atoms with Gasteiger partial charge in [-0.2, -0.15) is 0 Å². The number of anilines is 1. The summed E-state index contributed by atoms with van der Waals surface area (Å²) in [5, 5.41) is 5.41. The number of benzene rings is 1. The van der Waals surface area contributed by atoms with Crippen LogP contribution in [0.5, 0.6) is 0 Å². The number of hydrogen-bond acceptors (Lipinski definition) is 6. The molecule has 1 aromatic heterocycles. The van der Waals surface area contributed by atoms with Crippen LogP contribution in [0.2, 0.25) is 0 Å². The Bertz CT molecular complexity index is 1000. The molecular weight excluding hydrogens is 392 g/mol. The predicted molar refractivity (Wildman–Crippen MR) is 109 cm³/mol. The standard InChI is InChI=1S/C20H26N4O6/c1-20(2,3)30-19(28)24-10-4-5-14(24)17(26)21-9-8-16(25)22-12-6-7-15-13(11-12)23-18(27)29-15/h6-7,11,14H,4-5,8-10H2,1-3H3,(H,21,26)(H,22,25)(H,23,27)/t14-/m0/s1. The third kappa shape index (κ3) is 5.40. The van der Waals surface area contributed by atoms with Crippen molar-refractivity contribution in [2.75, 3.05) is 18.4 Å². The molecule has 3 N–H and O–H groups in total. The van der Waals surface area contributed by atoms with Gasteiger partial charge in [-0.3, -0.25) is 19.5 Å². The van der Waals surface area contributed by atoms with Gasteiger partial charge in [-0.1, -0.05) is 0 Å². The van der Waals surface area contributed by atoms with Crippen LogP contribution in [-0.4, -0.2) is 52.5 Å². The van der Waals surface area contributed by atoms with Crippen molar-refractivity contribution in [1.82, 2.24) is 15.2 Å². The molecule has 2 aromatic rings. The lowest BCUT2D eigenvalue weighted by Gasteiger charge is -2.28. The Morgan fingerprint density at radius 1 is 1.30 bits per heavy atom. The summed E-state index contributed by atoms with van der Waals surface area (Å²) in [6, 6.07) is 4.19. The maximum absolute atomic E-state index is 12.5. The quantitative estimate of drug-likeness (QED) is 0.680. The average molecular weight is 418 g/mol. The Balaban J connectivity index is 1.47. The number of rotatable bonds is 5. The van der Waals surface area contributed by atoms with Crippen molar-refractivity contribution in [3.8, 4) is 0 Å². The van der Waals surface area contributed by atoms with E-state index >= 15 is 0 Å². The second kappa shape index (κ2) is 8.60. The molecular formula is C20H26N4O6. The maximum Gasteiger partial charge on any atom is 0.417 e. The van der Waals surface area contributed by atoms with Gasteiger partial charge in [0.2, 0.25) is 11.8 Å². The number of ether oxygens (including phenoxy) is 1. The van der Waals surface area contributed by atoms with Crippen molar-refractivity contribution in [3.63, 3.8) is 0 Å². The normalized spacial score (nSPS) is 16.5. The molecule has 0 spiro atoms. The van der Waals surface area contributed by atoms with Gasteiger partial charge in [0.25, 0.3) is 0 Å². The summed E-state index contributed by atoms with van der Waals surface area (Å²) in [5.74, 6) is -1.16. The predicted octanol–water partition coefficient (Wildman–Crippen LogP) is 1.97. The van der Waals surface area contributed by atoms with Crippen LogP contribution in [0.1, 0.15) is 40.0 Å². The number of carbonyl (C=O) groups excluding carboxylic acids is 3. The van der Waals surface area contributed by atoms with Crippen molar-refractivity contribution >= 4 is 34.7 Å². The van der Waals surface area contributed by atoms with Gasteiger partial charge in [-0.25, -0.2) is 9.59 Å². The highest BCUT2D eigenvalue weighted by molar-refractivity contribution is 5.93. The van der Waals surface area contributed by atoms with Crippen LogP contribution >= 0.6 is 0 Å². The molecule has 0 unspecified atom stereocenters. The van der Waals surface area contributed by atoms with E-state index in [1.165, 1.54) is 4.90 Å². The van der Waals surface area contributed by atoms with Crippen LogP contribution in [0, 0.1) is 0 Å². The lowest BCUT2D eigenvalue weighted by Crippen LogP contribution is -2.47. The lowest BCUT2D eigenvalue weighted by atomic mass is 10.2. The van der Waals surface area contributed by atoms with E-state index in [0.29, 0.717) is 29.8 Å². The van der Waals surface area contributed by atoms with Gasteiger partial charge in [0.1, 0.15) is 11.6 Å². The molecule has 0 aliphatic carbocycles. The highest BCUT2D eigenvalue weighted by Gasteiger charge is 2.36. The number of H-pyrrole nitrogens is 1. The smallest absolute Gasteiger partial charge is 0.417 e. The van der Waals surface area contributed by atoms with Crippen molar-refractivity contribution < 1.29 is 23.5 Å². The van der Waals surface area contributed by atoms with E-state index in [9.17, 15) is 19.2 Å². The molecule has 3 rings (SSSR count). The number of nitrogens with one attached hydrogen (secondary N) is 3. The SMILES string of the molecule is CC(C)(C)OC(=O)N1CCC[C@H]1C(=O)NCCC(=O)Nc1ccc2oc(=O)[nH]c2c1. The number of fused-ring (bicyclic) bond motifs is 1. The first-order valence-corrected chi connectivity index (χ1v) is 9.82. The Hall–Kier alpha value is -3.30. The molecule has 162 valence electrons. The fourth-order valence-corrected chi connectivity index (χ4v) is 3.25. The van der Waals surface area contributed by atoms with Crippen LogP contribution in [0.3, 0.4) is 0 Å². The van der Waals surface area contributed by atoms with Crippen molar-refractivity contribution in [2.45, 2.75) is 51.7 Å². The minimum atomic E-state index is -0.634. The van der Waals surface area contributed by atoms with E-state index in [-0.39, 0.29) is 24.8 Å². The summed E-state index contributed by atoms with van der Waals surface area (Å²) < 4.78 is 10.3. The van der Waals surface area contributed by atoms with Crippen molar-refractivity contribution in [1.29, 1.82) is 0 Å². The molecule has 30 heavy (non-hydrogen) atoms. The van der Waals surface area contributed by atoms with Crippen LogP contribution in [-0.2, 0) is 14.3 Å². The zero-order chi connectivity index (χ0) is 21.9. The highest BCUT2D eigenvalue weighted by Crippen LogP contribution is 2.21. The summed E-state index contributed by atoms with van der Waals surface area (Å²) in [6.45, 7) is 5.92. The van der Waals surface area contributed by atoms with Gasteiger partial charge in [-0.05, 0) is 51.8 Å². The first kappa shape index (κ1) is 21.4. The maximum atomic E-state index is 12.5. The van der Waals surface area contributed by atoms with E-state index in [0.717, 1.165) is 6.42 Å². The zero-order valence-corrected chi connectivity index (χ0v) is 17.2. The summed E-state index contributed by atoms with van der Waals surface area (Å²) in [7, 11) is 0. The molecule has 0 radical (unpaired) electrons. The summed E-state index contributed by atoms with van der Waals surface area (Å²) in [4.78, 5) is 52.0. The van der Waals surface area contributed by atoms with E-state index < -0.39 is 23.5 Å². The number of aromatic nitrogens is 1. The Morgan fingerprint density at radius 2 is 2.07 bits per heavy atom. The molecule has 1 aliphatic rings. The molecule has 1 atom stereocenters. The number of likely N-dealkylation sites (tertiary alicyclic amines) is 1. The first-order chi connectivity index (χ1) is 14.1. The van der Waals surface area contributed by atoms with Gasteiger partial charge in [0.05, 0.1) is 5.52 Å². The van der Waals surface area contributed by atoms with E-state index in [1.807, 2.05) is 0 Å². The fourth-order valence-electron chi connectivity index (χ4n) is 3.25. The van der Waals surface area contributed by atoms with Gasteiger partial charge in [0.15, 0.2) is 5.58 Å². The van der Waals surface area contributed by atoms with E-state index in [1.54, 1.807) is 39.0 Å². The van der Waals surface area contributed by atoms with Gasteiger partial charge in [-0.15, -0.1) is 0 Å². The Labute approximate surface area is 172 Å². The number of nitrogens with zero attached hydrogens (tertiary/aromatic N) is 1. The molecule has 10 nitrogen and oxygen atoms in total. The summed E-state index contributed by atoms with van der Waals surface area (Å²) in [5.41, 5.74) is 0.749. The number of amides is 3. The topological polar surface area (TPSA) is 134 Å². The van der Waals surface area contributed by atoms with Crippen LogP contribution in [0.15, 0.2) is 27.4 Å². The lowest BCUT2D eigenvalue weighted by molar-refractivity contribution is -0.125.